The van der Waals surface area contributed by atoms with E-state index in [1.807, 2.05) is 20.0 Å². The Bertz CT molecular complexity index is 415. The maximum Gasteiger partial charge on any atom is 0.224 e. The molecule has 112 valence electrons. The Morgan fingerprint density at radius 1 is 1.30 bits per heavy atom. The van der Waals surface area contributed by atoms with Crippen molar-refractivity contribution < 1.29 is 0 Å². The summed E-state index contributed by atoms with van der Waals surface area (Å²) >= 11 is 0. The lowest BCUT2D eigenvalue weighted by Crippen LogP contribution is -2.33. The average molecular weight is 277 g/mol. The number of hydrogen-bond donors (Lipinski definition) is 2. The Morgan fingerprint density at radius 2 is 2.05 bits per heavy atom. The monoisotopic (exact) mass is 277 g/mol. The molecule has 0 saturated heterocycles. The van der Waals surface area contributed by atoms with Gasteiger partial charge < -0.3 is 15.5 Å². The molecule has 0 unspecified atom stereocenters. The molecule has 5 heteroatoms. The van der Waals surface area contributed by atoms with Crippen LogP contribution in [0.2, 0.25) is 0 Å². The van der Waals surface area contributed by atoms with Crippen molar-refractivity contribution in [2.45, 2.75) is 45.6 Å². The maximum atomic E-state index is 4.50. The van der Waals surface area contributed by atoms with Crippen LogP contribution in [0.3, 0.4) is 0 Å². The summed E-state index contributed by atoms with van der Waals surface area (Å²) in [6, 6.07) is 0.778. The van der Waals surface area contributed by atoms with Gasteiger partial charge in [0.2, 0.25) is 5.95 Å². The third-order valence-corrected chi connectivity index (χ3v) is 4.01. The third-order valence-electron chi connectivity index (χ3n) is 4.01. The fraction of sp³-hybridized carbons (Fsp3) is 0.733. The second-order valence-corrected chi connectivity index (χ2v) is 5.60. The molecule has 1 aliphatic carbocycles. The highest BCUT2D eigenvalue weighted by Gasteiger charge is 2.18. The Kier molecular flexibility index (Phi) is 5.59. The molecule has 0 aromatic carbocycles. The number of nitrogens with one attached hydrogen (secondary N) is 2. The van der Waals surface area contributed by atoms with Crippen molar-refractivity contribution in [3.05, 3.63) is 11.8 Å². The minimum Gasteiger partial charge on any atom is -0.368 e. The van der Waals surface area contributed by atoms with Crippen LogP contribution < -0.4 is 10.6 Å². The molecule has 0 atom stereocenters. The van der Waals surface area contributed by atoms with Crippen LogP contribution in [0.25, 0.3) is 0 Å². The second kappa shape index (κ2) is 7.43. The van der Waals surface area contributed by atoms with E-state index in [2.05, 4.69) is 32.5 Å². The van der Waals surface area contributed by atoms with Gasteiger partial charge in [0, 0.05) is 37.4 Å². The van der Waals surface area contributed by atoms with E-state index >= 15 is 0 Å². The van der Waals surface area contributed by atoms with Crippen LogP contribution in [0.15, 0.2) is 6.20 Å². The smallest absolute Gasteiger partial charge is 0.224 e. The van der Waals surface area contributed by atoms with Crippen LogP contribution in [0.4, 0.5) is 11.8 Å². The molecular formula is C15H27N5. The van der Waals surface area contributed by atoms with Gasteiger partial charge >= 0.3 is 0 Å². The first kappa shape index (κ1) is 15.0. The average Bonchev–Trinajstić information content (AvgIpc) is 2.96. The van der Waals surface area contributed by atoms with E-state index in [1.54, 1.807) is 0 Å². The lowest BCUT2D eigenvalue weighted by molar-refractivity contribution is 0.254. The van der Waals surface area contributed by atoms with Crippen LogP contribution in [-0.2, 0) is 0 Å². The Balaban J connectivity index is 1.82. The van der Waals surface area contributed by atoms with E-state index in [0.717, 1.165) is 37.1 Å². The van der Waals surface area contributed by atoms with Crippen LogP contribution in [-0.4, -0.2) is 47.6 Å². The van der Waals surface area contributed by atoms with E-state index in [0.29, 0.717) is 5.95 Å². The Labute approximate surface area is 122 Å². The number of aryl methyl sites for hydroxylation is 1. The predicted molar refractivity (Wildman–Crippen MR) is 84.3 cm³/mol. The van der Waals surface area contributed by atoms with Gasteiger partial charge in [-0.2, -0.15) is 4.98 Å². The SMILES string of the molecule is CCNc1ncc(C)c(NCCN(C)C2CCCC2)n1. The van der Waals surface area contributed by atoms with Gasteiger partial charge in [0.25, 0.3) is 0 Å². The first-order chi connectivity index (χ1) is 9.70. The Morgan fingerprint density at radius 3 is 2.75 bits per heavy atom. The lowest BCUT2D eigenvalue weighted by atomic mass is 10.2. The highest BCUT2D eigenvalue weighted by atomic mass is 15.2. The molecule has 0 amide bonds. The van der Waals surface area contributed by atoms with Crippen molar-refractivity contribution in [3.8, 4) is 0 Å². The molecule has 0 radical (unpaired) electrons. The summed E-state index contributed by atoms with van der Waals surface area (Å²) < 4.78 is 0. The van der Waals surface area contributed by atoms with Crippen molar-refractivity contribution in [2.24, 2.45) is 0 Å². The summed E-state index contributed by atoms with van der Waals surface area (Å²) in [5.74, 6) is 1.64. The highest BCUT2D eigenvalue weighted by Crippen LogP contribution is 2.22. The molecule has 20 heavy (non-hydrogen) atoms. The van der Waals surface area contributed by atoms with E-state index < -0.39 is 0 Å². The van der Waals surface area contributed by atoms with Crippen molar-refractivity contribution in [1.82, 2.24) is 14.9 Å². The second-order valence-electron chi connectivity index (χ2n) is 5.60. The molecule has 1 aromatic rings. The summed E-state index contributed by atoms with van der Waals surface area (Å²) in [6.45, 7) is 6.92. The zero-order chi connectivity index (χ0) is 14.4. The number of hydrogen-bond acceptors (Lipinski definition) is 5. The van der Waals surface area contributed by atoms with Gasteiger partial charge in [0.05, 0.1) is 0 Å². The minimum atomic E-state index is 0.699. The first-order valence-electron chi connectivity index (χ1n) is 7.72. The van der Waals surface area contributed by atoms with Crippen molar-refractivity contribution in [3.63, 3.8) is 0 Å². The van der Waals surface area contributed by atoms with Crippen LogP contribution in [0, 0.1) is 6.92 Å². The summed E-state index contributed by atoms with van der Waals surface area (Å²) in [5, 5.41) is 6.58. The number of aromatic nitrogens is 2. The summed E-state index contributed by atoms with van der Waals surface area (Å²) in [7, 11) is 2.23. The van der Waals surface area contributed by atoms with Gasteiger partial charge in [-0.15, -0.1) is 0 Å². The van der Waals surface area contributed by atoms with Crippen LogP contribution in [0.1, 0.15) is 38.2 Å². The number of likely N-dealkylation sites (N-methyl/N-ethyl adjacent to an activating group) is 1. The summed E-state index contributed by atoms with van der Waals surface area (Å²) in [6.07, 6.45) is 7.36. The van der Waals surface area contributed by atoms with E-state index in [1.165, 1.54) is 25.7 Å². The normalized spacial score (nSPS) is 15.8. The van der Waals surface area contributed by atoms with Gasteiger partial charge in [-0.25, -0.2) is 4.98 Å². The van der Waals surface area contributed by atoms with Gasteiger partial charge in [0.1, 0.15) is 5.82 Å². The molecule has 1 aliphatic rings. The van der Waals surface area contributed by atoms with Gasteiger partial charge in [0.15, 0.2) is 0 Å². The van der Waals surface area contributed by atoms with Gasteiger partial charge in [-0.05, 0) is 33.7 Å². The molecule has 1 fully saturated rings. The molecule has 1 saturated carbocycles. The third kappa shape index (κ3) is 4.07. The minimum absolute atomic E-state index is 0.699. The number of nitrogens with zero attached hydrogens (tertiary/aromatic N) is 3. The fourth-order valence-electron chi connectivity index (χ4n) is 2.74. The van der Waals surface area contributed by atoms with Crippen molar-refractivity contribution in [2.75, 3.05) is 37.3 Å². The molecule has 5 nitrogen and oxygen atoms in total. The van der Waals surface area contributed by atoms with E-state index in [4.69, 9.17) is 0 Å². The predicted octanol–water partition coefficient (Wildman–Crippen LogP) is 2.50. The largest absolute Gasteiger partial charge is 0.368 e. The van der Waals surface area contributed by atoms with E-state index in [9.17, 15) is 0 Å². The molecule has 2 rings (SSSR count). The van der Waals surface area contributed by atoms with Crippen molar-refractivity contribution >= 4 is 11.8 Å². The standard InChI is InChI=1S/C15H27N5/c1-4-16-15-18-11-12(2)14(19-15)17-9-10-20(3)13-7-5-6-8-13/h11,13H,4-10H2,1-3H3,(H2,16,17,18,19). The van der Waals surface area contributed by atoms with Crippen LogP contribution >= 0.6 is 0 Å². The molecule has 1 aromatic heterocycles. The van der Waals surface area contributed by atoms with E-state index in [-0.39, 0.29) is 0 Å². The fourth-order valence-corrected chi connectivity index (χ4v) is 2.74. The Hall–Kier alpha value is -1.36. The molecule has 1 heterocycles. The zero-order valence-corrected chi connectivity index (χ0v) is 12.9. The van der Waals surface area contributed by atoms with Gasteiger partial charge in [-0.3, -0.25) is 0 Å². The maximum absolute atomic E-state index is 4.50. The molecule has 0 aliphatic heterocycles. The lowest BCUT2D eigenvalue weighted by Gasteiger charge is -2.24. The van der Waals surface area contributed by atoms with Crippen molar-refractivity contribution in [1.29, 1.82) is 0 Å². The molecule has 2 N–H and O–H groups in total. The first-order valence-corrected chi connectivity index (χ1v) is 7.72. The summed E-state index contributed by atoms with van der Waals surface area (Å²) in [5.41, 5.74) is 1.09. The van der Waals surface area contributed by atoms with Crippen LogP contribution in [0.5, 0.6) is 0 Å². The molecular weight excluding hydrogens is 250 g/mol. The molecule has 0 spiro atoms. The topological polar surface area (TPSA) is 53.1 Å². The quantitative estimate of drug-likeness (QED) is 0.802. The number of anilines is 2. The zero-order valence-electron chi connectivity index (χ0n) is 12.9. The van der Waals surface area contributed by atoms with Gasteiger partial charge in [-0.1, -0.05) is 12.8 Å². The highest BCUT2D eigenvalue weighted by molar-refractivity contribution is 5.46. The molecule has 0 bridgehead atoms. The number of rotatable bonds is 7. The summed E-state index contributed by atoms with van der Waals surface area (Å²) in [4.78, 5) is 11.2.